The fourth-order valence-electron chi connectivity index (χ4n) is 3.40. The molecule has 0 amide bonds. The molecule has 9 heteroatoms. The highest BCUT2D eigenvalue weighted by molar-refractivity contribution is 9.10. The van der Waals surface area contributed by atoms with Gasteiger partial charge in [-0.3, -0.25) is 10.1 Å². The molecule has 0 bridgehead atoms. The van der Waals surface area contributed by atoms with Gasteiger partial charge in [0.05, 0.1) is 12.0 Å². The van der Waals surface area contributed by atoms with Crippen molar-refractivity contribution in [3.05, 3.63) is 103 Å². The van der Waals surface area contributed by atoms with E-state index in [9.17, 15) is 14.9 Å². The second kappa shape index (κ2) is 9.88. The Morgan fingerprint density at radius 2 is 1.94 bits per heavy atom. The molecule has 0 aliphatic carbocycles. The van der Waals surface area contributed by atoms with E-state index in [0.717, 1.165) is 10.0 Å². The molecule has 0 saturated heterocycles. The minimum absolute atomic E-state index is 0.0207. The number of hydrogen-bond donors (Lipinski definition) is 0. The topological polar surface area (TPSA) is 100 Å². The van der Waals surface area contributed by atoms with Crippen LogP contribution in [-0.4, -0.2) is 23.9 Å². The van der Waals surface area contributed by atoms with E-state index in [2.05, 4.69) is 20.9 Å². The zero-order valence-electron chi connectivity index (χ0n) is 18.3. The van der Waals surface area contributed by atoms with Crippen LogP contribution in [0.4, 0.5) is 5.69 Å². The predicted molar refractivity (Wildman–Crippen MR) is 130 cm³/mol. The van der Waals surface area contributed by atoms with Crippen molar-refractivity contribution in [3.63, 3.8) is 0 Å². The fourth-order valence-corrected chi connectivity index (χ4v) is 3.80. The first kappa shape index (κ1) is 23.2. The van der Waals surface area contributed by atoms with Crippen LogP contribution in [0.25, 0.3) is 6.08 Å². The highest BCUT2D eigenvalue weighted by atomic mass is 79.9. The van der Waals surface area contributed by atoms with Gasteiger partial charge in [-0.15, -0.1) is 0 Å². The van der Waals surface area contributed by atoms with E-state index in [-0.39, 0.29) is 23.9 Å². The van der Waals surface area contributed by atoms with Gasteiger partial charge in [-0.1, -0.05) is 46.3 Å². The Bertz CT molecular complexity index is 1350. The molecule has 1 heterocycles. The molecule has 3 aromatic rings. The molecule has 0 spiro atoms. The number of esters is 1. The molecule has 34 heavy (non-hydrogen) atoms. The third-order valence-corrected chi connectivity index (χ3v) is 5.89. The highest BCUT2D eigenvalue weighted by Gasteiger charge is 2.26. The van der Waals surface area contributed by atoms with Crippen LogP contribution in [0.1, 0.15) is 22.3 Å². The van der Waals surface area contributed by atoms with Crippen molar-refractivity contribution in [2.24, 2.45) is 4.99 Å². The zero-order chi connectivity index (χ0) is 24.2. The number of hydrogen-bond acceptors (Lipinski definition) is 7. The summed E-state index contributed by atoms with van der Waals surface area (Å²) in [6, 6.07) is 17.4. The van der Waals surface area contributed by atoms with Crippen LogP contribution in [0.2, 0.25) is 0 Å². The maximum Gasteiger partial charge on any atom is 0.363 e. The fraction of sp³-hybridized carbons (Fsp3) is 0.120. The number of carbonyl (C=O) groups excluding carboxylic acids is 1. The number of para-hydroxylation sites is 1. The molecule has 0 atom stereocenters. The van der Waals surface area contributed by atoms with Crippen molar-refractivity contribution >= 4 is 39.6 Å². The molecule has 0 aromatic heterocycles. The van der Waals surface area contributed by atoms with E-state index in [4.69, 9.17) is 14.2 Å². The van der Waals surface area contributed by atoms with Gasteiger partial charge in [0, 0.05) is 32.8 Å². The number of rotatable bonds is 7. The van der Waals surface area contributed by atoms with Gasteiger partial charge in [0.2, 0.25) is 5.90 Å². The molecule has 0 radical (unpaired) electrons. The number of cyclic esters (lactones) is 1. The van der Waals surface area contributed by atoms with E-state index in [1.54, 1.807) is 37.3 Å². The molecule has 8 nitrogen and oxygen atoms in total. The van der Waals surface area contributed by atoms with Crippen molar-refractivity contribution in [1.82, 2.24) is 0 Å². The van der Waals surface area contributed by atoms with Gasteiger partial charge in [0.15, 0.2) is 17.2 Å². The van der Waals surface area contributed by atoms with Gasteiger partial charge in [-0.25, -0.2) is 9.79 Å². The Kier molecular flexibility index (Phi) is 6.74. The van der Waals surface area contributed by atoms with E-state index < -0.39 is 10.9 Å². The van der Waals surface area contributed by atoms with E-state index in [1.807, 2.05) is 24.3 Å². The van der Waals surface area contributed by atoms with Crippen molar-refractivity contribution in [2.75, 3.05) is 7.11 Å². The van der Waals surface area contributed by atoms with Crippen LogP contribution in [0.3, 0.4) is 0 Å². The lowest BCUT2D eigenvalue weighted by Gasteiger charge is -2.14. The average Bonchev–Trinajstić information content (AvgIpc) is 3.18. The van der Waals surface area contributed by atoms with Crippen LogP contribution in [0, 0.1) is 17.0 Å². The molecule has 1 aliphatic rings. The molecule has 1 aliphatic heterocycles. The first-order valence-electron chi connectivity index (χ1n) is 10.2. The smallest absolute Gasteiger partial charge is 0.363 e. The first-order valence-corrected chi connectivity index (χ1v) is 11.0. The summed E-state index contributed by atoms with van der Waals surface area (Å²) in [7, 11) is 1.54. The van der Waals surface area contributed by atoms with E-state index >= 15 is 0 Å². The summed E-state index contributed by atoms with van der Waals surface area (Å²) in [5.74, 6) is 0.400. The molecular weight excluding hydrogens is 504 g/mol. The lowest BCUT2D eigenvalue weighted by atomic mass is 10.1. The quantitative estimate of drug-likeness (QED) is 0.173. The van der Waals surface area contributed by atoms with Crippen molar-refractivity contribution < 1.29 is 23.9 Å². The number of aryl methyl sites for hydroxylation is 1. The number of aliphatic imine (C=N–C) groups is 1. The Labute approximate surface area is 203 Å². The second-order valence-electron chi connectivity index (χ2n) is 7.35. The standard InChI is InChI=1S/C25H19BrN2O6/c1-15-12-17(10-11-21(15)28(30)31)24-27-20(25(29)34-24)13-16-7-5-9-22(32-2)23(16)33-14-18-6-3-4-8-19(18)26/h3-13H,14H2,1-2H3/b20-13-. The van der Waals surface area contributed by atoms with Crippen LogP contribution < -0.4 is 9.47 Å². The summed E-state index contributed by atoms with van der Waals surface area (Å²) in [5.41, 5.74) is 2.49. The maximum atomic E-state index is 12.5. The van der Waals surface area contributed by atoms with Gasteiger partial charge < -0.3 is 14.2 Å². The molecule has 0 unspecified atom stereocenters. The normalized spacial score (nSPS) is 14.0. The third kappa shape index (κ3) is 4.84. The predicted octanol–water partition coefficient (Wildman–Crippen LogP) is 5.60. The minimum atomic E-state index is -0.634. The third-order valence-electron chi connectivity index (χ3n) is 5.11. The van der Waals surface area contributed by atoms with Crippen molar-refractivity contribution in [3.8, 4) is 11.5 Å². The van der Waals surface area contributed by atoms with Gasteiger partial charge >= 0.3 is 5.97 Å². The second-order valence-corrected chi connectivity index (χ2v) is 8.21. The van der Waals surface area contributed by atoms with Crippen molar-refractivity contribution in [2.45, 2.75) is 13.5 Å². The largest absolute Gasteiger partial charge is 0.493 e. The zero-order valence-corrected chi connectivity index (χ0v) is 19.9. The molecule has 0 N–H and O–H groups in total. The highest BCUT2D eigenvalue weighted by Crippen LogP contribution is 2.35. The Balaban J connectivity index is 1.66. The molecule has 4 rings (SSSR count). The van der Waals surface area contributed by atoms with Gasteiger partial charge in [-0.2, -0.15) is 0 Å². The lowest BCUT2D eigenvalue weighted by molar-refractivity contribution is -0.385. The number of nitro groups is 1. The SMILES string of the molecule is COc1cccc(/C=C2\N=C(c3ccc([N+](=O)[O-])c(C)c3)OC2=O)c1OCc1ccccc1Br. The summed E-state index contributed by atoms with van der Waals surface area (Å²) >= 11 is 3.51. The Morgan fingerprint density at radius 1 is 1.15 bits per heavy atom. The summed E-state index contributed by atoms with van der Waals surface area (Å²) in [5, 5.41) is 11.1. The minimum Gasteiger partial charge on any atom is -0.493 e. The van der Waals surface area contributed by atoms with Gasteiger partial charge in [-0.05, 0) is 37.3 Å². The number of nitro benzene ring substituents is 1. The maximum absolute atomic E-state index is 12.5. The number of ether oxygens (including phenoxy) is 3. The molecule has 0 fully saturated rings. The number of halogens is 1. The summed E-state index contributed by atoms with van der Waals surface area (Å²) in [4.78, 5) is 27.4. The molecule has 3 aromatic carbocycles. The number of carbonyl (C=O) groups is 1. The number of benzene rings is 3. The van der Waals surface area contributed by atoms with Gasteiger partial charge in [0.25, 0.3) is 5.69 Å². The summed E-state index contributed by atoms with van der Waals surface area (Å²) in [6.07, 6.45) is 1.56. The Hall–Kier alpha value is -3.98. The summed E-state index contributed by atoms with van der Waals surface area (Å²) < 4.78 is 17.8. The Morgan fingerprint density at radius 3 is 2.65 bits per heavy atom. The molecular formula is C25H19BrN2O6. The van der Waals surface area contributed by atoms with Crippen LogP contribution in [0.5, 0.6) is 11.5 Å². The van der Waals surface area contributed by atoms with E-state index in [0.29, 0.717) is 28.2 Å². The van der Waals surface area contributed by atoms with Crippen LogP contribution in [0.15, 0.2) is 75.8 Å². The van der Waals surface area contributed by atoms with Crippen LogP contribution in [-0.2, 0) is 16.1 Å². The van der Waals surface area contributed by atoms with Gasteiger partial charge in [0.1, 0.15) is 6.61 Å². The van der Waals surface area contributed by atoms with Crippen molar-refractivity contribution in [1.29, 1.82) is 0 Å². The summed E-state index contributed by atoms with van der Waals surface area (Å²) in [6.45, 7) is 1.89. The molecule has 172 valence electrons. The molecule has 0 saturated carbocycles. The van der Waals surface area contributed by atoms with Crippen LogP contribution >= 0.6 is 15.9 Å². The number of nitrogens with zero attached hydrogens (tertiary/aromatic N) is 2. The number of methoxy groups -OCH3 is 1. The van der Waals surface area contributed by atoms with E-state index in [1.165, 1.54) is 19.2 Å². The monoisotopic (exact) mass is 522 g/mol. The first-order chi connectivity index (χ1) is 16.4. The average molecular weight is 523 g/mol. The lowest BCUT2D eigenvalue weighted by Crippen LogP contribution is -2.06.